The smallest absolute Gasteiger partial charge is 0.414 e. The third-order valence-electron chi connectivity index (χ3n) is 10.7. The maximum absolute atomic E-state index is 13.5. The van der Waals surface area contributed by atoms with Crippen molar-refractivity contribution in [2.45, 2.75) is 74.6 Å². The zero-order valence-electron chi connectivity index (χ0n) is 31.0. The Morgan fingerprint density at radius 3 is 1.92 bits per heavy atom. The Morgan fingerprint density at radius 2 is 1.40 bits per heavy atom. The van der Waals surface area contributed by atoms with Crippen LogP contribution in [0.25, 0.3) is 0 Å². The highest BCUT2D eigenvalue weighted by Gasteiger charge is 2.41. The van der Waals surface area contributed by atoms with E-state index in [0.717, 1.165) is 42.5 Å². The van der Waals surface area contributed by atoms with Gasteiger partial charge in [0.25, 0.3) is 0 Å². The van der Waals surface area contributed by atoms with Crippen LogP contribution in [0.2, 0.25) is 0 Å². The Kier molecular flexibility index (Phi) is 13.3. The number of aliphatic hydroxyl groups is 1. The zero-order chi connectivity index (χ0) is 37.3. The van der Waals surface area contributed by atoms with Crippen molar-refractivity contribution in [3.8, 4) is 0 Å². The molecule has 4 unspecified atom stereocenters. The number of carbonyl (C=O) groups excluding carboxylic acids is 3. The van der Waals surface area contributed by atoms with Gasteiger partial charge in [-0.3, -0.25) is 14.5 Å². The quantitative estimate of drug-likeness (QED) is 0.208. The number of ether oxygens (including phenoxy) is 3. The van der Waals surface area contributed by atoms with Gasteiger partial charge in [0, 0.05) is 32.7 Å². The summed E-state index contributed by atoms with van der Waals surface area (Å²) in [7, 11) is 7.37. The number of amides is 1. The van der Waals surface area contributed by atoms with Gasteiger partial charge in [-0.05, 0) is 75.9 Å². The van der Waals surface area contributed by atoms with E-state index in [-0.39, 0.29) is 37.3 Å². The molecule has 0 aromatic heterocycles. The van der Waals surface area contributed by atoms with Crippen molar-refractivity contribution in [2.75, 3.05) is 47.9 Å². The molecule has 3 aliphatic heterocycles. The monoisotopic (exact) mass is 711 g/mol. The maximum Gasteiger partial charge on any atom is 0.414 e. The topological polar surface area (TPSA) is 109 Å². The van der Waals surface area contributed by atoms with Crippen LogP contribution in [-0.2, 0) is 29.2 Å². The molecule has 6 rings (SSSR count). The number of aliphatic hydroxyl groups excluding tert-OH is 1. The molecule has 2 saturated heterocycles. The summed E-state index contributed by atoms with van der Waals surface area (Å²) < 4.78 is 17.1. The predicted octanol–water partition coefficient (Wildman–Crippen LogP) is 5.75. The van der Waals surface area contributed by atoms with Gasteiger partial charge < -0.3 is 29.1 Å². The van der Waals surface area contributed by atoms with Gasteiger partial charge in [-0.25, -0.2) is 4.79 Å². The number of piperidine rings is 1. The molecular formula is C42H53N3O7. The van der Waals surface area contributed by atoms with E-state index in [1.165, 1.54) is 17.7 Å². The lowest BCUT2D eigenvalue weighted by molar-refractivity contribution is -0.155. The summed E-state index contributed by atoms with van der Waals surface area (Å²) >= 11 is 0. The fraction of sp³-hybridized carbons (Fsp3) is 0.452. The van der Waals surface area contributed by atoms with Crippen molar-refractivity contribution >= 4 is 18.0 Å². The molecule has 1 N–H and O–H groups in total. The van der Waals surface area contributed by atoms with Crippen molar-refractivity contribution in [2.24, 2.45) is 0 Å². The van der Waals surface area contributed by atoms with Crippen LogP contribution in [0.15, 0.2) is 103 Å². The van der Waals surface area contributed by atoms with E-state index in [1.54, 1.807) is 14.1 Å². The molecule has 4 atom stereocenters. The number of nitrogens with zero attached hydrogens (tertiary/aromatic N) is 3. The van der Waals surface area contributed by atoms with Crippen molar-refractivity contribution in [1.82, 2.24) is 14.7 Å². The van der Waals surface area contributed by atoms with Crippen molar-refractivity contribution in [3.05, 3.63) is 120 Å². The van der Waals surface area contributed by atoms with Gasteiger partial charge >= 0.3 is 18.0 Å². The van der Waals surface area contributed by atoms with E-state index in [4.69, 9.17) is 14.2 Å². The number of likely N-dealkylation sites (N-methyl/N-ethyl adjacent to an activating group) is 1. The van der Waals surface area contributed by atoms with Crippen LogP contribution in [0.1, 0.15) is 61.6 Å². The molecule has 52 heavy (non-hydrogen) atoms. The summed E-state index contributed by atoms with van der Waals surface area (Å²) in [4.78, 5) is 43.7. The molecule has 10 nitrogen and oxygen atoms in total. The average molecular weight is 712 g/mol. The Labute approximate surface area is 308 Å². The summed E-state index contributed by atoms with van der Waals surface area (Å²) in [6.45, 7) is 2.56. The van der Waals surface area contributed by atoms with Crippen molar-refractivity contribution < 1.29 is 33.7 Å². The van der Waals surface area contributed by atoms with Crippen LogP contribution in [0.5, 0.6) is 0 Å². The van der Waals surface area contributed by atoms with Crippen molar-refractivity contribution in [3.63, 3.8) is 0 Å². The van der Waals surface area contributed by atoms with E-state index < -0.39 is 17.4 Å². The highest BCUT2D eigenvalue weighted by atomic mass is 16.6. The molecule has 278 valence electrons. The number of rotatable bonds is 10. The van der Waals surface area contributed by atoms with Crippen LogP contribution < -0.4 is 0 Å². The largest absolute Gasteiger partial charge is 0.463 e. The second-order valence-electron chi connectivity index (χ2n) is 14.3. The highest BCUT2D eigenvalue weighted by molar-refractivity contribution is 5.87. The number of benzene rings is 3. The third kappa shape index (κ3) is 9.10. The van der Waals surface area contributed by atoms with Gasteiger partial charge in [0.15, 0.2) is 0 Å². The molecule has 3 aliphatic rings. The first kappa shape index (κ1) is 38.7. The first-order valence-electron chi connectivity index (χ1n) is 18.2. The Bertz CT molecular complexity index is 1600. The molecule has 3 heterocycles. The minimum atomic E-state index is -0.958. The Hall–Kier alpha value is -4.51. The van der Waals surface area contributed by atoms with Gasteiger partial charge in [-0.1, -0.05) is 91.0 Å². The van der Waals surface area contributed by atoms with E-state index >= 15 is 0 Å². The number of hydrogen-bond acceptors (Lipinski definition) is 9. The third-order valence-corrected chi connectivity index (χ3v) is 10.7. The second kappa shape index (κ2) is 17.8. The van der Waals surface area contributed by atoms with Gasteiger partial charge in [0.1, 0.15) is 35.8 Å². The van der Waals surface area contributed by atoms with Gasteiger partial charge in [-0.15, -0.1) is 0 Å². The SMILES string of the molecule is CN(C)C(=O)OC1=CCCN(C)C1COC(=O)C(C)(c1ccccc1)c1ccccc1.CN1C2CCC1CC(OC(=O)C(CO)c1ccccc1)C2. The van der Waals surface area contributed by atoms with Crippen LogP contribution in [0, 0.1) is 0 Å². The lowest BCUT2D eigenvalue weighted by Gasteiger charge is -2.36. The molecule has 0 radical (unpaired) electrons. The number of carbonyl (C=O) groups is 3. The van der Waals surface area contributed by atoms with E-state index in [2.05, 4.69) is 11.9 Å². The standard InChI is InChI=1S/C25H30N2O4.C17H23NO3/c1-25(19-12-7-5-8-13-19,20-14-9-6-10-15-20)23(28)30-18-21-22(16-11-17-27(21)4)31-24(29)26(2)3;1-18-13-7-8-14(18)10-15(9-13)21-17(20)16(11-19)12-5-3-2-4-6-12/h5-10,12-16,21H,11,17-18H2,1-4H3;2-6,13-16,19H,7-11H2,1H3. The molecule has 2 fully saturated rings. The first-order chi connectivity index (χ1) is 25.0. The summed E-state index contributed by atoms with van der Waals surface area (Å²) in [6, 6.07) is 29.4. The molecular weight excluding hydrogens is 658 g/mol. The lowest BCUT2D eigenvalue weighted by atomic mass is 9.76. The van der Waals surface area contributed by atoms with Crippen LogP contribution in [-0.4, -0.2) is 110 Å². The number of esters is 2. The van der Waals surface area contributed by atoms with Gasteiger partial charge in [0.05, 0.1) is 6.61 Å². The second-order valence-corrected chi connectivity index (χ2v) is 14.3. The normalized spacial score (nSPS) is 22.2. The van der Waals surface area contributed by atoms with Crippen LogP contribution >= 0.6 is 0 Å². The van der Waals surface area contributed by atoms with E-state index in [0.29, 0.717) is 17.8 Å². The molecule has 0 spiro atoms. The average Bonchev–Trinajstić information content (AvgIpc) is 3.35. The summed E-state index contributed by atoms with van der Waals surface area (Å²) in [6.07, 6.45) is 6.47. The molecule has 3 aromatic rings. The van der Waals surface area contributed by atoms with Gasteiger partial charge in [-0.2, -0.15) is 0 Å². The Morgan fingerprint density at radius 1 is 0.865 bits per heavy atom. The van der Waals surface area contributed by atoms with Crippen molar-refractivity contribution in [1.29, 1.82) is 0 Å². The first-order valence-corrected chi connectivity index (χ1v) is 18.2. The van der Waals surface area contributed by atoms with E-state index in [9.17, 15) is 19.5 Å². The summed E-state index contributed by atoms with van der Waals surface area (Å²) in [5, 5.41) is 9.53. The fourth-order valence-electron chi connectivity index (χ4n) is 7.38. The van der Waals surface area contributed by atoms with E-state index in [1.807, 2.05) is 116 Å². The zero-order valence-corrected chi connectivity index (χ0v) is 31.0. The summed E-state index contributed by atoms with van der Waals surface area (Å²) in [5.74, 6) is -0.690. The molecule has 1 amide bonds. The number of hydrogen-bond donors (Lipinski definition) is 1. The minimum absolute atomic E-state index is 0.00367. The highest BCUT2D eigenvalue weighted by Crippen LogP contribution is 2.36. The van der Waals surface area contributed by atoms with Crippen LogP contribution in [0.4, 0.5) is 4.79 Å². The summed E-state index contributed by atoms with van der Waals surface area (Å²) in [5.41, 5.74) is 1.58. The van der Waals surface area contributed by atoms with Crippen LogP contribution in [0.3, 0.4) is 0 Å². The Balaban J connectivity index is 0.000000216. The van der Waals surface area contributed by atoms with Gasteiger partial charge in [0.2, 0.25) is 0 Å². The molecule has 3 aromatic carbocycles. The molecule has 10 heteroatoms. The molecule has 2 bridgehead atoms. The molecule has 0 aliphatic carbocycles. The number of fused-ring (bicyclic) bond motifs is 2. The predicted molar refractivity (Wildman–Crippen MR) is 200 cm³/mol. The lowest BCUT2D eigenvalue weighted by Crippen LogP contribution is -2.44. The minimum Gasteiger partial charge on any atom is -0.463 e. The maximum atomic E-state index is 13.5. The fourth-order valence-corrected chi connectivity index (χ4v) is 7.38. The molecule has 0 saturated carbocycles.